The lowest BCUT2D eigenvalue weighted by Gasteiger charge is -2.24. The summed E-state index contributed by atoms with van der Waals surface area (Å²) in [5.41, 5.74) is 2.19. The van der Waals surface area contributed by atoms with E-state index in [1.807, 2.05) is 13.8 Å². The molecule has 0 saturated heterocycles. The summed E-state index contributed by atoms with van der Waals surface area (Å²) in [5.74, 6) is -0.0267. The first-order valence-electron chi connectivity index (χ1n) is 4.47. The molecule has 1 heterocycles. The highest BCUT2D eigenvalue weighted by atomic mass is 32.1. The largest absolute Gasteiger partial charge is 0.331 e. The average Bonchev–Trinajstić information content (AvgIpc) is 2.65. The monoisotopic (exact) mass is 210 g/mol. The van der Waals surface area contributed by atoms with Crippen LogP contribution in [0.4, 0.5) is 0 Å². The summed E-state index contributed by atoms with van der Waals surface area (Å²) in [4.78, 5) is 17.6. The number of rotatable bonds is 4. The molecule has 0 radical (unpaired) electrons. The number of aromatic nitrogens is 1. The van der Waals surface area contributed by atoms with Crippen molar-refractivity contribution in [3.8, 4) is 0 Å². The highest BCUT2D eigenvalue weighted by Gasteiger charge is 2.18. The molecule has 14 heavy (non-hydrogen) atoms. The number of hydrogen-bond donors (Lipinski definition) is 0. The molecule has 1 aromatic rings. The Hall–Kier alpha value is -1.16. The van der Waals surface area contributed by atoms with Crippen molar-refractivity contribution in [2.45, 2.75) is 19.9 Å². The highest BCUT2D eigenvalue weighted by Crippen LogP contribution is 2.08. The standard InChI is InChI=1S/C10H14N2OS/c1-4-5-12(8(2)3)10(13)9-6-14-7-11-9/h4,6-8H,1,5H2,2-3H3. The molecule has 1 amide bonds. The van der Waals surface area contributed by atoms with Gasteiger partial charge in [-0.15, -0.1) is 17.9 Å². The number of carbonyl (C=O) groups is 1. The minimum atomic E-state index is -0.0267. The van der Waals surface area contributed by atoms with E-state index in [0.29, 0.717) is 12.2 Å². The first kappa shape index (κ1) is 10.9. The maximum Gasteiger partial charge on any atom is 0.273 e. The second-order valence-electron chi connectivity index (χ2n) is 3.21. The predicted octanol–water partition coefficient (Wildman–Crippen LogP) is 2.18. The molecule has 0 aliphatic carbocycles. The van der Waals surface area contributed by atoms with Crippen molar-refractivity contribution in [3.63, 3.8) is 0 Å². The molecule has 0 spiro atoms. The third-order valence-electron chi connectivity index (χ3n) is 1.86. The minimum Gasteiger partial charge on any atom is -0.331 e. The molecule has 0 unspecified atom stereocenters. The van der Waals surface area contributed by atoms with Crippen LogP contribution in [0, 0.1) is 0 Å². The van der Waals surface area contributed by atoms with Crippen LogP contribution >= 0.6 is 11.3 Å². The summed E-state index contributed by atoms with van der Waals surface area (Å²) >= 11 is 1.43. The third-order valence-corrected chi connectivity index (χ3v) is 2.45. The fourth-order valence-electron chi connectivity index (χ4n) is 1.13. The molecule has 0 saturated carbocycles. The summed E-state index contributed by atoms with van der Waals surface area (Å²) in [5, 5.41) is 1.76. The van der Waals surface area contributed by atoms with Crippen LogP contribution in [0.5, 0.6) is 0 Å². The van der Waals surface area contributed by atoms with E-state index in [2.05, 4.69) is 11.6 Å². The van der Waals surface area contributed by atoms with Crippen molar-refractivity contribution in [2.24, 2.45) is 0 Å². The summed E-state index contributed by atoms with van der Waals surface area (Å²) in [7, 11) is 0. The highest BCUT2D eigenvalue weighted by molar-refractivity contribution is 7.07. The zero-order valence-corrected chi connectivity index (χ0v) is 9.25. The van der Waals surface area contributed by atoms with E-state index in [9.17, 15) is 4.79 Å². The van der Waals surface area contributed by atoms with E-state index >= 15 is 0 Å². The molecule has 0 aromatic carbocycles. The molecule has 0 bridgehead atoms. The smallest absolute Gasteiger partial charge is 0.273 e. The van der Waals surface area contributed by atoms with E-state index in [1.165, 1.54) is 11.3 Å². The topological polar surface area (TPSA) is 33.2 Å². The van der Waals surface area contributed by atoms with Gasteiger partial charge in [0.25, 0.3) is 5.91 Å². The summed E-state index contributed by atoms with van der Waals surface area (Å²) in [6, 6.07) is 0.169. The second kappa shape index (κ2) is 4.91. The summed E-state index contributed by atoms with van der Waals surface area (Å²) in [6.07, 6.45) is 1.73. The number of hydrogen-bond acceptors (Lipinski definition) is 3. The maximum absolute atomic E-state index is 11.9. The molecule has 0 aliphatic heterocycles. The summed E-state index contributed by atoms with van der Waals surface area (Å²) in [6.45, 7) is 8.16. The number of thiazole rings is 1. The quantitative estimate of drug-likeness (QED) is 0.714. The lowest BCUT2D eigenvalue weighted by Crippen LogP contribution is -2.37. The van der Waals surface area contributed by atoms with Gasteiger partial charge in [-0.3, -0.25) is 4.79 Å². The maximum atomic E-state index is 11.9. The Labute approximate surface area is 88.1 Å². The zero-order chi connectivity index (χ0) is 10.6. The van der Waals surface area contributed by atoms with Gasteiger partial charge in [0, 0.05) is 18.0 Å². The van der Waals surface area contributed by atoms with Crippen molar-refractivity contribution in [3.05, 3.63) is 29.2 Å². The van der Waals surface area contributed by atoms with Crippen molar-refractivity contribution < 1.29 is 4.79 Å². The number of carbonyl (C=O) groups excluding carboxylic acids is 1. The summed E-state index contributed by atoms with van der Waals surface area (Å²) < 4.78 is 0. The van der Waals surface area contributed by atoms with Gasteiger partial charge in [-0.1, -0.05) is 6.08 Å². The first-order chi connectivity index (χ1) is 6.66. The van der Waals surface area contributed by atoms with Crippen LogP contribution in [0.2, 0.25) is 0 Å². The van der Waals surface area contributed by atoms with Crippen LogP contribution in [-0.2, 0) is 0 Å². The molecule has 0 fully saturated rings. The fourth-order valence-corrected chi connectivity index (χ4v) is 1.66. The molecule has 0 aliphatic rings. The van der Waals surface area contributed by atoms with Crippen LogP contribution in [0.15, 0.2) is 23.5 Å². The van der Waals surface area contributed by atoms with Crippen LogP contribution < -0.4 is 0 Å². The minimum absolute atomic E-state index is 0.0267. The lowest BCUT2D eigenvalue weighted by atomic mass is 10.3. The Bertz CT molecular complexity index is 306. The molecular formula is C10H14N2OS. The Kier molecular flexibility index (Phi) is 3.83. The molecule has 4 heteroatoms. The van der Waals surface area contributed by atoms with E-state index < -0.39 is 0 Å². The van der Waals surface area contributed by atoms with Crippen LogP contribution in [0.3, 0.4) is 0 Å². The lowest BCUT2D eigenvalue weighted by molar-refractivity contribution is 0.0723. The molecule has 0 N–H and O–H groups in total. The SMILES string of the molecule is C=CCN(C(=O)c1cscn1)C(C)C. The van der Waals surface area contributed by atoms with Gasteiger partial charge in [-0.2, -0.15) is 0 Å². The average molecular weight is 210 g/mol. The molecule has 1 rings (SSSR count). The van der Waals surface area contributed by atoms with E-state index in [4.69, 9.17) is 0 Å². The van der Waals surface area contributed by atoms with Gasteiger partial charge in [0.15, 0.2) is 0 Å². The van der Waals surface area contributed by atoms with Gasteiger partial charge >= 0.3 is 0 Å². The van der Waals surface area contributed by atoms with Crippen molar-refractivity contribution in [1.82, 2.24) is 9.88 Å². The Morgan fingerprint density at radius 3 is 2.93 bits per heavy atom. The fraction of sp³-hybridized carbons (Fsp3) is 0.400. The first-order valence-corrected chi connectivity index (χ1v) is 5.41. The van der Waals surface area contributed by atoms with Crippen molar-refractivity contribution >= 4 is 17.2 Å². The molecule has 0 atom stereocenters. The Morgan fingerprint density at radius 2 is 2.50 bits per heavy atom. The molecule has 76 valence electrons. The zero-order valence-electron chi connectivity index (χ0n) is 8.43. The van der Waals surface area contributed by atoms with Gasteiger partial charge in [-0.25, -0.2) is 4.98 Å². The number of amides is 1. The van der Waals surface area contributed by atoms with Crippen LogP contribution in [-0.4, -0.2) is 28.4 Å². The van der Waals surface area contributed by atoms with Gasteiger partial charge in [0.1, 0.15) is 5.69 Å². The normalized spacial score (nSPS) is 10.2. The van der Waals surface area contributed by atoms with Gasteiger partial charge < -0.3 is 4.90 Å². The number of nitrogens with zero attached hydrogens (tertiary/aromatic N) is 2. The molecular weight excluding hydrogens is 196 g/mol. The van der Waals surface area contributed by atoms with Crippen LogP contribution in [0.1, 0.15) is 24.3 Å². The van der Waals surface area contributed by atoms with Gasteiger partial charge in [0.2, 0.25) is 0 Å². The Morgan fingerprint density at radius 1 is 1.79 bits per heavy atom. The predicted molar refractivity (Wildman–Crippen MR) is 58.5 cm³/mol. The van der Waals surface area contributed by atoms with E-state index in [1.54, 1.807) is 21.9 Å². The third kappa shape index (κ3) is 2.42. The van der Waals surface area contributed by atoms with Crippen molar-refractivity contribution in [2.75, 3.05) is 6.54 Å². The second-order valence-corrected chi connectivity index (χ2v) is 3.93. The van der Waals surface area contributed by atoms with E-state index in [0.717, 1.165) is 0 Å². The Balaban J connectivity index is 2.79. The van der Waals surface area contributed by atoms with Gasteiger partial charge in [-0.05, 0) is 13.8 Å². The van der Waals surface area contributed by atoms with Crippen LogP contribution in [0.25, 0.3) is 0 Å². The molecule has 1 aromatic heterocycles. The van der Waals surface area contributed by atoms with Crippen molar-refractivity contribution in [1.29, 1.82) is 0 Å². The molecule has 3 nitrogen and oxygen atoms in total. The van der Waals surface area contributed by atoms with E-state index in [-0.39, 0.29) is 11.9 Å². The van der Waals surface area contributed by atoms with Gasteiger partial charge in [0.05, 0.1) is 5.51 Å².